The lowest BCUT2D eigenvalue weighted by Gasteiger charge is -2.16. The van der Waals surface area contributed by atoms with E-state index in [1.165, 1.54) is 23.8 Å². The van der Waals surface area contributed by atoms with Crippen molar-refractivity contribution in [1.29, 1.82) is 0 Å². The number of carbonyl (C=O) groups is 2. The van der Waals surface area contributed by atoms with Crippen molar-refractivity contribution in [2.45, 2.75) is 6.54 Å². The summed E-state index contributed by atoms with van der Waals surface area (Å²) in [4.78, 5) is 33.7. The van der Waals surface area contributed by atoms with E-state index in [-0.39, 0.29) is 17.0 Å². The number of carboxylic acid groups (broad SMARTS) is 1. The summed E-state index contributed by atoms with van der Waals surface area (Å²) in [5.41, 5.74) is 1.72. The second kappa shape index (κ2) is 9.30. The summed E-state index contributed by atoms with van der Waals surface area (Å²) in [5.74, 6) is -0.918. The number of aromatic carboxylic acids is 1. The van der Waals surface area contributed by atoms with Gasteiger partial charge in [-0.05, 0) is 29.8 Å². The Kier molecular flexibility index (Phi) is 6.56. The first-order chi connectivity index (χ1) is 14.4. The van der Waals surface area contributed by atoms with Crippen molar-refractivity contribution in [1.82, 2.24) is 4.98 Å². The average Bonchev–Trinajstić information content (AvgIpc) is 2.78. The Hall–Kier alpha value is -3.55. The van der Waals surface area contributed by atoms with Gasteiger partial charge in [0.1, 0.15) is 11.7 Å². The highest BCUT2D eigenvalue weighted by Crippen LogP contribution is 2.18. The maximum absolute atomic E-state index is 13.1. The zero-order valence-corrected chi connectivity index (χ0v) is 16.9. The normalized spacial score (nSPS) is 10.5. The van der Waals surface area contributed by atoms with E-state index >= 15 is 0 Å². The van der Waals surface area contributed by atoms with Crippen LogP contribution >= 0.6 is 11.6 Å². The predicted octanol–water partition coefficient (Wildman–Crippen LogP) is 3.64. The molecule has 0 unspecified atom stereocenters. The molecule has 0 aliphatic heterocycles. The van der Waals surface area contributed by atoms with Gasteiger partial charge in [0.05, 0.1) is 24.4 Å². The first kappa shape index (κ1) is 21.2. The predicted molar refractivity (Wildman–Crippen MR) is 112 cm³/mol. The third-order valence-electron chi connectivity index (χ3n) is 4.39. The van der Waals surface area contributed by atoms with E-state index in [1.54, 1.807) is 53.9 Å². The Morgan fingerprint density at radius 1 is 1.13 bits per heavy atom. The van der Waals surface area contributed by atoms with Crippen molar-refractivity contribution in [3.8, 4) is 0 Å². The van der Waals surface area contributed by atoms with Crippen LogP contribution in [0.5, 0.6) is 0 Å². The van der Waals surface area contributed by atoms with Gasteiger partial charge in [0.25, 0.3) is 0 Å². The fourth-order valence-electron chi connectivity index (χ4n) is 2.80. The SMILES string of the molecule is C=C(C(=O)[n+]1ccccc1N(Cc1ccc(Cl)nc1)OC)c1ccc(C(=O)O)cc1. The molecule has 1 aromatic carbocycles. The quantitative estimate of drug-likeness (QED) is 0.270. The highest BCUT2D eigenvalue weighted by molar-refractivity contribution is 6.29. The Labute approximate surface area is 178 Å². The second-order valence-corrected chi connectivity index (χ2v) is 6.69. The van der Waals surface area contributed by atoms with Crippen LogP contribution in [-0.2, 0) is 11.4 Å². The fraction of sp³-hybridized carbons (Fsp3) is 0.0909. The first-order valence-corrected chi connectivity index (χ1v) is 9.28. The Morgan fingerprint density at radius 2 is 1.83 bits per heavy atom. The number of aromatic nitrogens is 2. The number of nitrogens with zero attached hydrogens (tertiary/aromatic N) is 3. The Balaban J connectivity index is 1.88. The summed E-state index contributed by atoms with van der Waals surface area (Å²) in [5, 5.41) is 11.0. The summed E-state index contributed by atoms with van der Waals surface area (Å²) < 4.78 is 1.42. The standard InChI is InChI=1S/C22H18ClN3O4/c1-15(17-7-9-18(10-8-17)22(28)29)21(27)25-12-4-3-5-20(25)26(30-2)14-16-6-11-19(23)24-13-16/h3-13H,1,14H2,2H3/p+1. The molecule has 30 heavy (non-hydrogen) atoms. The Bertz CT molecular complexity index is 1080. The number of rotatable bonds is 7. The molecule has 2 heterocycles. The molecule has 2 aromatic heterocycles. The van der Waals surface area contributed by atoms with Gasteiger partial charge < -0.3 is 5.11 Å². The van der Waals surface area contributed by atoms with E-state index in [9.17, 15) is 9.59 Å². The van der Waals surface area contributed by atoms with E-state index in [0.717, 1.165) is 5.56 Å². The largest absolute Gasteiger partial charge is 0.478 e. The minimum absolute atomic E-state index is 0.134. The van der Waals surface area contributed by atoms with E-state index in [2.05, 4.69) is 11.6 Å². The lowest BCUT2D eigenvalue weighted by atomic mass is 10.0. The van der Waals surface area contributed by atoms with Gasteiger partial charge >= 0.3 is 17.7 Å². The lowest BCUT2D eigenvalue weighted by molar-refractivity contribution is -0.558. The van der Waals surface area contributed by atoms with Gasteiger partial charge in [-0.2, -0.15) is 9.40 Å². The second-order valence-electron chi connectivity index (χ2n) is 6.30. The minimum atomic E-state index is -1.04. The molecule has 0 aliphatic carbocycles. The minimum Gasteiger partial charge on any atom is -0.478 e. The number of benzene rings is 1. The average molecular weight is 425 g/mol. The van der Waals surface area contributed by atoms with E-state index < -0.39 is 5.97 Å². The van der Waals surface area contributed by atoms with E-state index in [1.807, 2.05) is 6.07 Å². The number of allylic oxidation sites excluding steroid dienone is 1. The summed E-state index contributed by atoms with van der Waals surface area (Å²) in [7, 11) is 1.50. The van der Waals surface area contributed by atoms with Crippen LogP contribution in [-0.4, -0.2) is 29.1 Å². The van der Waals surface area contributed by atoms with Gasteiger partial charge in [-0.15, -0.1) is 5.06 Å². The van der Waals surface area contributed by atoms with Crippen molar-refractivity contribution in [3.05, 3.63) is 95.4 Å². The van der Waals surface area contributed by atoms with Crippen LogP contribution in [0.1, 0.15) is 26.3 Å². The van der Waals surface area contributed by atoms with Crippen molar-refractivity contribution in [3.63, 3.8) is 0 Å². The van der Waals surface area contributed by atoms with Gasteiger partial charge in [0.2, 0.25) is 0 Å². The third-order valence-corrected chi connectivity index (χ3v) is 4.61. The van der Waals surface area contributed by atoms with Crippen molar-refractivity contribution >= 4 is 34.9 Å². The van der Waals surface area contributed by atoms with Gasteiger partial charge in [-0.1, -0.05) is 42.4 Å². The van der Waals surface area contributed by atoms with Crippen molar-refractivity contribution < 1.29 is 24.1 Å². The lowest BCUT2D eigenvalue weighted by Crippen LogP contribution is -2.47. The maximum atomic E-state index is 13.1. The molecule has 1 N–H and O–H groups in total. The molecule has 0 spiro atoms. The summed E-state index contributed by atoms with van der Waals surface area (Å²) in [6.45, 7) is 4.23. The number of carboxylic acids is 1. The van der Waals surface area contributed by atoms with Gasteiger partial charge in [0.15, 0.2) is 0 Å². The van der Waals surface area contributed by atoms with E-state index in [0.29, 0.717) is 23.1 Å². The molecule has 0 radical (unpaired) electrons. The Morgan fingerprint density at radius 3 is 2.43 bits per heavy atom. The summed E-state index contributed by atoms with van der Waals surface area (Å²) >= 11 is 5.84. The number of anilines is 1. The van der Waals surface area contributed by atoms with Crippen LogP contribution in [0.3, 0.4) is 0 Å². The molecule has 0 saturated carbocycles. The highest BCUT2D eigenvalue weighted by Gasteiger charge is 2.26. The molecule has 0 amide bonds. The van der Waals surface area contributed by atoms with Crippen molar-refractivity contribution in [2.24, 2.45) is 0 Å². The van der Waals surface area contributed by atoms with Gasteiger partial charge in [-0.3, -0.25) is 0 Å². The number of hydrogen-bond donors (Lipinski definition) is 1. The number of hydrogen-bond acceptors (Lipinski definition) is 5. The molecule has 152 valence electrons. The third kappa shape index (κ3) is 4.71. The first-order valence-electron chi connectivity index (χ1n) is 8.91. The van der Waals surface area contributed by atoms with Crippen LogP contribution in [0, 0.1) is 0 Å². The van der Waals surface area contributed by atoms with Crippen LogP contribution < -0.4 is 9.63 Å². The molecule has 0 saturated heterocycles. The maximum Gasteiger partial charge on any atom is 0.345 e. The zero-order valence-electron chi connectivity index (χ0n) is 16.2. The van der Waals surface area contributed by atoms with Crippen LogP contribution in [0.25, 0.3) is 5.57 Å². The van der Waals surface area contributed by atoms with Crippen LogP contribution in [0.4, 0.5) is 5.82 Å². The molecule has 0 atom stereocenters. The smallest absolute Gasteiger partial charge is 0.345 e. The van der Waals surface area contributed by atoms with Gasteiger partial charge in [-0.25, -0.2) is 14.6 Å². The number of carbonyl (C=O) groups excluding carboxylic acids is 1. The van der Waals surface area contributed by atoms with E-state index in [4.69, 9.17) is 21.5 Å². The number of hydroxylamine groups is 1. The number of pyridine rings is 2. The molecule has 7 nitrogen and oxygen atoms in total. The highest BCUT2D eigenvalue weighted by atomic mass is 35.5. The van der Waals surface area contributed by atoms with Gasteiger partial charge in [0, 0.05) is 17.8 Å². The molecule has 0 aliphatic rings. The van der Waals surface area contributed by atoms with Crippen LogP contribution in [0.15, 0.2) is 73.6 Å². The topological polar surface area (TPSA) is 83.6 Å². The molecule has 3 rings (SSSR count). The van der Waals surface area contributed by atoms with Crippen molar-refractivity contribution in [2.75, 3.05) is 12.2 Å². The fourth-order valence-corrected chi connectivity index (χ4v) is 2.91. The summed E-state index contributed by atoms with van der Waals surface area (Å²) in [6, 6.07) is 14.7. The molecular formula is C22H19ClN3O4+. The molecule has 0 fully saturated rings. The summed E-state index contributed by atoms with van der Waals surface area (Å²) in [6.07, 6.45) is 3.24. The monoisotopic (exact) mass is 424 g/mol. The molecule has 0 bridgehead atoms. The molecule has 3 aromatic rings. The number of halogens is 1. The molecular weight excluding hydrogens is 406 g/mol. The zero-order chi connectivity index (χ0) is 21.7. The van der Waals surface area contributed by atoms with Crippen LogP contribution in [0.2, 0.25) is 5.15 Å². The molecule has 8 heteroatoms.